The summed E-state index contributed by atoms with van der Waals surface area (Å²) in [5.41, 5.74) is 2.15. The fraction of sp³-hybridized carbons (Fsp3) is 0.238. The highest BCUT2D eigenvalue weighted by molar-refractivity contribution is 5.95. The van der Waals surface area contributed by atoms with Crippen LogP contribution in [0.5, 0.6) is 0 Å². The molecule has 0 unspecified atom stereocenters. The zero-order valence-electron chi connectivity index (χ0n) is 15.3. The predicted octanol–water partition coefficient (Wildman–Crippen LogP) is 5.39. The molecule has 1 N–H and O–H groups in total. The van der Waals surface area contributed by atoms with Crippen LogP contribution in [0, 0.1) is 0 Å². The van der Waals surface area contributed by atoms with E-state index in [1.807, 2.05) is 13.8 Å². The van der Waals surface area contributed by atoms with Crippen LogP contribution in [0.4, 0.5) is 11.4 Å². The smallest absolute Gasteiger partial charge is 0.251 e. The van der Waals surface area contributed by atoms with Gasteiger partial charge < -0.3 is 5.32 Å². The average Bonchev–Trinajstić information content (AvgIpc) is 2.60. The van der Waals surface area contributed by atoms with Crippen LogP contribution in [0.25, 0.3) is 0 Å². The molecule has 1 amide bonds. The summed E-state index contributed by atoms with van der Waals surface area (Å²) in [6.45, 7) is 9.13. The molecule has 0 bridgehead atoms. The van der Waals surface area contributed by atoms with Gasteiger partial charge in [-0.1, -0.05) is 6.08 Å². The van der Waals surface area contributed by atoms with Crippen molar-refractivity contribution in [3.63, 3.8) is 0 Å². The fourth-order valence-corrected chi connectivity index (χ4v) is 2.35. The molecule has 0 aliphatic carbocycles. The molecule has 0 fully saturated rings. The van der Waals surface area contributed by atoms with Crippen LogP contribution in [0.2, 0.25) is 0 Å². The highest BCUT2D eigenvalue weighted by Crippen LogP contribution is 2.20. The van der Waals surface area contributed by atoms with Gasteiger partial charge in [0.1, 0.15) is 0 Å². The van der Waals surface area contributed by atoms with Gasteiger partial charge in [0.25, 0.3) is 5.91 Å². The van der Waals surface area contributed by atoms with E-state index in [-0.39, 0.29) is 17.2 Å². The molecule has 134 valence electrons. The molecule has 0 heterocycles. The first-order valence-corrected chi connectivity index (χ1v) is 8.37. The van der Waals surface area contributed by atoms with Crippen molar-refractivity contribution >= 4 is 23.1 Å². The zero-order chi connectivity index (χ0) is 19.2. The molecule has 0 aromatic heterocycles. The van der Waals surface area contributed by atoms with E-state index in [0.29, 0.717) is 28.9 Å². The minimum absolute atomic E-state index is 0.0126. The van der Waals surface area contributed by atoms with Gasteiger partial charge in [0.2, 0.25) is 0 Å². The van der Waals surface area contributed by atoms with Gasteiger partial charge in [-0.15, -0.1) is 6.58 Å². The normalized spacial score (nSPS) is 11.3. The molecular formula is C21H23N3O2. The molecule has 5 heteroatoms. The number of amides is 1. The van der Waals surface area contributed by atoms with Crippen molar-refractivity contribution in [2.75, 3.05) is 0 Å². The Labute approximate surface area is 153 Å². The Balaban J connectivity index is 2.03. The molecule has 26 heavy (non-hydrogen) atoms. The average molecular weight is 349 g/mol. The lowest BCUT2D eigenvalue weighted by atomic mass is 10.00. The van der Waals surface area contributed by atoms with Crippen molar-refractivity contribution in [1.29, 1.82) is 0 Å². The number of benzene rings is 2. The summed E-state index contributed by atoms with van der Waals surface area (Å²) < 4.78 is 0. The van der Waals surface area contributed by atoms with Crippen molar-refractivity contribution < 1.29 is 9.59 Å². The summed E-state index contributed by atoms with van der Waals surface area (Å²) in [6.07, 6.45) is 2.47. The Morgan fingerprint density at radius 2 is 1.42 bits per heavy atom. The van der Waals surface area contributed by atoms with Crippen LogP contribution in [0.1, 0.15) is 47.9 Å². The van der Waals surface area contributed by atoms with Gasteiger partial charge in [-0.25, -0.2) is 0 Å². The highest BCUT2D eigenvalue weighted by Gasteiger charge is 2.19. The lowest BCUT2D eigenvalue weighted by molar-refractivity contribution is 0.0913. The third kappa shape index (κ3) is 5.48. The van der Waals surface area contributed by atoms with E-state index in [1.54, 1.807) is 54.6 Å². The Kier molecular flexibility index (Phi) is 6.17. The van der Waals surface area contributed by atoms with Crippen molar-refractivity contribution in [2.24, 2.45) is 10.2 Å². The van der Waals surface area contributed by atoms with E-state index in [0.717, 1.165) is 0 Å². The number of Topliss-reactive ketones (excluding diaryl/α,β-unsaturated/α-hetero) is 1. The second-order valence-electron chi connectivity index (χ2n) is 6.68. The Bertz CT molecular complexity index is 819. The number of carbonyl (C=O) groups excluding carboxylic acids is 2. The Hall–Kier alpha value is -3.08. The van der Waals surface area contributed by atoms with E-state index in [4.69, 9.17) is 0 Å². The van der Waals surface area contributed by atoms with Crippen LogP contribution in [0.3, 0.4) is 0 Å². The second kappa shape index (κ2) is 8.34. The standard InChI is InChI=1S/C21H23N3O2/c1-5-14-21(3,4)22-20(26)17-8-12-19(13-9-17)24-23-18-10-6-16(7-11-18)15(2)25/h5-13H,1,14H2,2-4H3,(H,22,26). The lowest BCUT2D eigenvalue weighted by Gasteiger charge is -2.24. The number of carbonyl (C=O) groups is 2. The Morgan fingerprint density at radius 1 is 0.962 bits per heavy atom. The van der Waals surface area contributed by atoms with Crippen LogP contribution < -0.4 is 5.32 Å². The molecule has 2 aromatic rings. The minimum atomic E-state index is -0.344. The number of hydrogen-bond donors (Lipinski definition) is 1. The maximum atomic E-state index is 12.3. The maximum absolute atomic E-state index is 12.3. The third-order valence-corrected chi connectivity index (χ3v) is 3.79. The first-order chi connectivity index (χ1) is 12.3. The molecular weight excluding hydrogens is 326 g/mol. The molecule has 0 saturated heterocycles. The van der Waals surface area contributed by atoms with Crippen LogP contribution in [-0.4, -0.2) is 17.2 Å². The summed E-state index contributed by atoms with van der Waals surface area (Å²) in [4.78, 5) is 23.5. The summed E-state index contributed by atoms with van der Waals surface area (Å²) in [6, 6.07) is 13.8. The second-order valence-corrected chi connectivity index (χ2v) is 6.68. The van der Waals surface area contributed by atoms with Gasteiger partial charge in [-0.05, 0) is 75.7 Å². The van der Waals surface area contributed by atoms with Gasteiger partial charge >= 0.3 is 0 Å². The summed E-state index contributed by atoms with van der Waals surface area (Å²) >= 11 is 0. The van der Waals surface area contributed by atoms with Crippen LogP contribution >= 0.6 is 0 Å². The minimum Gasteiger partial charge on any atom is -0.347 e. The summed E-state index contributed by atoms with van der Waals surface area (Å²) in [5.74, 6) is -0.126. The van der Waals surface area contributed by atoms with E-state index in [2.05, 4.69) is 22.1 Å². The van der Waals surface area contributed by atoms with E-state index in [9.17, 15) is 9.59 Å². The number of rotatable bonds is 7. The summed E-state index contributed by atoms with van der Waals surface area (Å²) in [7, 11) is 0. The summed E-state index contributed by atoms with van der Waals surface area (Å²) in [5, 5.41) is 11.3. The largest absolute Gasteiger partial charge is 0.347 e. The van der Waals surface area contributed by atoms with Crippen molar-refractivity contribution in [1.82, 2.24) is 5.32 Å². The topological polar surface area (TPSA) is 70.9 Å². The number of ketones is 1. The fourth-order valence-electron chi connectivity index (χ4n) is 2.35. The molecule has 0 saturated carbocycles. The van der Waals surface area contributed by atoms with Gasteiger partial charge in [-0.3, -0.25) is 9.59 Å². The van der Waals surface area contributed by atoms with Gasteiger partial charge in [0, 0.05) is 16.7 Å². The number of nitrogens with zero attached hydrogens (tertiary/aromatic N) is 2. The predicted molar refractivity (Wildman–Crippen MR) is 103 cm³/mol. The molecule has 0 atom stereocenters. The maximum Gasteiger partial charge on any atom is 0.251 e. The number of nitrogens with one attached hydrogen (secondary N) is 1. The molecule has 5 nitrogen and oxygen atoms in total. The number of azo groups is 1. The van der Waals surface area contributed by atoms with Gasteiger partial charge in [0.15, 0.2) is 5.78 Å². The van der Waals surface area contributed by atoms with Crippen molar-refractivity contribution in [2.45, 2.75) is 32.7 Å². The van der Waals surface area contributed by atoms with Crippen LogP contribution in [-0.2, 0) is 0 Å². The first-order valence-electron chi connectivity index (χ1n) is 8.37. The van der Waals surface area contributed by atoms with E-state index in [1.165, 1.54) is 6.92 Å². The van der Waals surface area contributed by atoms with Crippen molar-refractivity contribution in [3.05, 3.63) is 72.3 Å². The van der Waals surface area contributed by atoms with E-state index >= 15 is 0 Å². The third-order valence-electron chi connectivity index (χ3n) is 3.79. The quantitative estimate of drug-likeness (QED) is 0.413. The molecule has 0 radical (unpaired) electrons. The molecule has 0 aliphatic heterocycles. The van der Waals surface area contributed by atoms with Crippen LogP contribution in [0.15, 0.2) is 71.4 Å². The SMILES string of the molecule is C=CCC(C)(C)NC(=O)c1ccc(N=Nc2ccc(C(C)=O)cc2)cc1. The first kappa shape index (κ1) is 19.2. The highest BCUT2D eigenvalue weighted by atomic mass is 16.1. The monoisotopic (exact) mass is 349 g/mol. The van der Waals surface area contributed by atoms with Gasteiger partial charge in [0.05, 0.1) is 11.4 Å². The molecule has 2 aromatic carbocycles. The van der Waals surface area contributed by atoms with Crippen molar-refractivity contribution in [3.8, 4) is 0 Å². The molecule has 0 spiro atoms. The molecule has 2 rings (SSSR count). The molecule has 0 aliphatic rings. The van der Waals surface area contributed by atoms with E-state index < -0.39 is 0 Å². The zero-order valence-corrected chi connectivity index (χ0v) is 15.3. The Morgan fingerprint density at radius 3 is 1.85 bits per heavy atom. The number of hydrogen-bond acceptors (Lipinski definition) is 4. The lowest BCUT2D eigenvalue weighted by Crippen LogP contribution is -2.42. The van der Waals surface area contributed by atoms with Gasteiger partial charge in [-0.2, -0.15) is 10.2 Å².